The van der Waals surface area contributed by atoms with Crippen LogP contribution in [0.4, 0.5) is 0 Å². The third kappa shape index (κ3) is 1.10. The van der Waals surface area contributed by atoms with Gasteiger partial charge in [-0.3, -0.25) is 5.41 Å². The van der Waals surface area contributed by atoms with Crippen molar-refractivity contribution < 1.29 is 0 Å². The quantitative estimate of drug-likeness (QED) is 0.646. The molecule has 0 saturated heterocycles. The monoisotopic (exact) mass is 181 g/mol. The van der Waals surface area contributed by atoms with E-state index in [4.69, 9.17) is 5.41 Å². The van der Waals surface area contributed by atoms with Gasteiger partial charge >= 0.3 is 0 Å². The first kappa shape index (κ1) is 7.00. The minimum atomic E-state index is 0.689. The van der Waals surface area contributed by atoms with E-state index in [1.165, 1.54) is 15.0 Å². The summed E-state index contributed by atoms with van der Waals surface area (Å²) in [6, 6.07) is 6.20. The fourth-order valence-electron chi connectivity index (χ4n) is 1.05. The van der Waals surface area contributed by atoms with Gasteiger partial charge in [0, 0.05) is 4.70 Å². The second kappa shape index (κ2) is 2.43. The average molecular weight is 181 g/mol. The Morgan fingerprint density at radius 1 is 1.27 bits per heavy atom. The lowest BCUT2D eigenvalue weighted by Gasteiger charge is -1.90. The van der Waals surface area contributed by atoms with Crippen LogP contribution in [0.15, 0.2) is 18.2 Å². The Balaban J connectivity index is 3.01. The second-order valence-electron chi connectivity index (χ2n) is 2.39. The molecule has 0 bridgehead atoms. The van der Waals surface area contributed by atoms with Crippen molar-refractivity contribution in [3.63, 3.8) is 0 Å². The molecule has 0 aliphatic rings. The summed E-state index contributed by atoms with van der Waals surface area (Å²) in [5.74, 6) is 0. The van der Waals surface area contributed by atoms with Crippen LogP contribution in [0.3, 0.4) is 0 Å². The summed E-state index contributed by atoms with van der Waals surface area (Å²) in [5, 5.41) is 7.46. The molecule has 0 spiro atoms. The van der Waals surface area contributed by atoms with Crippen LogP contribution in [-0.2, 0) is 0 Å². The van der Waals surface area contributed by atoms with Crippen molar-refractivity contribution in [1.82, 2.24) is 0 Å². The predicted octanol–water partition coefficient (Wildman–Crippen LogP) is 2.75. The molecule has 2 rings (SSSR count). The highest BCUT2D eigenvalue weighted by atomic mass is 32.2. The van der Waals surface area contributed by atoms with E-state index in [-0.39, 0.29) is 0 Å². The van der Waals surface area contributed by atoms with Gasteiger partial charge in [0.2, 0.25) is 0 Å². The van der Waals surface area contributed by atoms with Gasteiger partial charge < -0.3 is 0 Å². The topological polar surface area (TPSA) is 23.9 Å². The van der Waals surface area contributed by atoms with Crippen LogP contribution in [-0.4, -0.2) is 0 Å². The van der Waals surface area contributed by atoms with Crippen LogP contribution >= 0.6 is 22.7 Å². The van der Waals surface area contributed by atoms with E-state index in [1.54, 1.807) is 22.7 Å². The van der Waals surface area contributed by atoms with Gasteiger partial charge in [0.15, 0.2) is 3.98 Å². The van der Waals surface area contributed by atoms with Crippen LogP contribution in [0.25, 0.3) is 9.40 Å². The minimum absolute atomic E-state index is 0.689. The minimum Gasteiger partial charge on any atom is -0.281 e. The zero-order valence-corrected chi connectivity index (χ0v) is 7.68. The van der Waals surface area contributed by atoms with Crippen LogP contribution in [0, 0.1) is 12.3 Å². The number of nitrogens with one attached hydrogen (secondary N) is 1. The van der Waals surface area contributed by atoms with Crippen molar-refractivity contribution in [1.29, 1.82) is 5.41 Å². The van der Waals surface area contributed by atoms with Gasteiger partial charge in [0.1, 0.15) is 0 Å². The van der Waals surface area contributed by atoms with Gasteiger partial charge in [0.25, 0.3) is 0 Å². The summed E-state index contributed by atoms with van der Waals surface area (Å²) in [6.07, 6.45) is 0. The highest BCUT2D eigenvalue weighted by molar-refractivity contribution is 7.35. The Labute approximate surface area is 72.5 Å². The molecular weight excluding hydrogens is 174 g/mol. The lowest BCUT2D eigenvalue weighted by molar-refractivity contribution is 1.41. The lowest BCUT2D eigenvalue weighted by atomic mass is 10.2. The van der Waals surface area contributed by atoms with Crippen molar-refractivity contribution in [2.24, 2.45) is 0 Å². The van der Waals surface area contributed by atoms with E-state index in [1.807, 2.05) is 6.07 Å². The Kier molecular flexibility index (Phi) is 1.55. The number of fused-ring (bicyclic) bond motifs is 1. The first-order valence-electron chi connectivity index (χ1n) is 3.31. The molecule has 1 N–H and O–H groups in total. The number of hydrogen-bond donors (Lipinski definition) is 1. The number of aryl methyl sites for hydroxylation is 1. The third-order valence-electron chi connectivity index (χ3n) is 1.57. The maximum absolute atomic E-state index is 7.46. The molecule has 1 heterocycles. The van der Waals surface area contributed by atoms with Gasteiger partial charge in [-0.05, 0) is 18.6 Å². The average Bonchev–Trinajstić information content (AvgIpc) is 2.31. The van der Waals surface area contributed by atoms with Gasteiger partial charge in [-0.25, -0.2) is 0 Å². The predicted molar refractivity (Wildman–Crippen MR) is 50.3 cm³/mol. The van der Waals surface area contributed by atoms with Crippen molar-refractivity contribution >= 4 is 32.1 Å². The van der Waals surface area contributed by atoms with E-state index in [0.29, 0.717) is 3.98 Å². The van der Waals surface area contributed by atoms with Gasteiger partial charge in [-0.2, -0.15) is 0 Å². The molecule has 0 amide bonds. The molecule has 0 radical (unpaired) electrons. The molecule has 0 fully saturated rings. The Morgan fingerprint density at radius 3 is 2.82 bits per heavy atom. The van der Waals surface area contributed by atoms with E-state index in [0.717, 1.165) is 0 Å². The second-order valence-corrected chi connectivity index (χ2v) is 4.72. The number of benzene rings is 1. The van der Waals surface area contributed by atoms with Crippen molar-refractivity contribution in [2.75, 3.05) is 0 Å². The molecular formula is C8H7NS2. The number of rotatable bonds is 0. The highest BCUT2D eigenvalue weighted by Crippen LogP contribution is 2.23. The van der Waals surface area contributed by atoms with Gasteiger partial charge in [-0.15, -0.1) is 22.7 Å². The summed E-state index contributed by atoms with van der Waals surface area (Å²) in [7, 11) is 0. The van der Waals surface area contributed by atoms with Crippen molar-refractivity contribution in [2.45, 2.75) is 6.92 Å². The van der Waals surface area contributed by atoms with Crippen molar-refractivity contribution in [3.05, 3.63) is 27.7 Å². The summed E-state index contributed by atoms with van der Waals surface area (Å²) >= 11 is 3.12. The molecule has 0 unspecified atom stereocenters. The molecule has 1 nitrogen and oxygen atoms in total. The van der Waals surface area contributed by atoms with E-state index in [9.17, 15) is 0 Å². The maximum Gasteiger partial charge on any atom is 0.164 e. The zero-order chi connectivity index (χ0) is 7.84. The van der Waals surface area contributed by atoms with E-state index < -0.39 is 0 Å². The van der Waals surface area contributed by atoms with E-state index >= 15 is 0 Å². The fraction of sp³-hybridized carbons (Fsp3) is 0.125. The molecule has 0 aliphatic heterocycles. The summed E-state index contributed by atoms with van der Waals surface area (Å²) < 4.78 is 3.19. The third-order valence-corrected chi connectivity index (χ3v) is 3.88. The van der Waals surface area contributed by atoms with Gasteiger partial charge in [-0.1, -0.05) is 12.1 Å². The molecule has 0 saturated carbocycles. The number of hydrogen-bond acceptors (Lipinski definition) is 3. The SMILES string of the molecule is Cc1cccc2sc(=N)sc12. The van der Waals surface area contributed by atoms with Crippen LogP contribution in [0.1, 0.15) is 5.56 Å². The molecule has 56 valence electrons. The molecule has 0 aliphatic carbocycles. The summed E-state index contributed by atoms with van der Waals surface area (Å²) in [6.45, 7) is 2.09. The highest BCUT2D eigenvalue weighted by Gasteiger charge is 1.98. The Morgan fingerprint density at radius 2 is 2.09 bits per heavy atom. The summed E-state index contributed by atoms with van der Waals surface area (Å²) in [4.78, 5) is 0. The fourth-order valence-corrected chi connectivity index (χ4v) is 3.17. The zero-order valence-electron chi connectivity index (χ0n) is 6.05. The molecule has 0 atom stereocenters. The van der Waals surface area contributed by atoms with Crippen LogP contribution in [0.5, 0.6) is 0 Å². The maximum atomic E-state index is 7.46. The van der Waals surface area contributed by atoms with Crippen molar-refractivity contribution in [3.8, 4) is 0 Å². The molecule has 1 aromatic heterocycles. The lowest BCUT2D eigenvalue weighted by Crippen LogP contribution is -1.74. The Bertz CT molecular complexity index is 439. The summed E-state index contributed by atoms with van der Waals surface area (Å²) in [5.41, 5.74) is 1.28. The first-order valence-corrected chi connectivity index (χ1v) is 4.94. The van der Waals surface area contributed by atoms with Crippen LogP contribution < -0.4 is 3.98 Å². The molecule has 2 aromatic rings. The standard InChI is InChI=1S/C8H7NS2/c1-5-3-2-4-6-7(5)11-8(9)10-6/h2-4,9H,1H3. The molecule has 1 aromatic carbocycles. The smallest absolute Gasteiger partial charge is 0.164 e. The normalized spacial score (nSPS) is 10.6. The Hall–Kier alpha value is -0.670. The largest absolute Gasteiger partial charge is 0.281 e. The van der Waals surface area contributed by atoms with Crippen LogP contribution in [0.2, 0.25) is 0 Å². The molecule has 3 heteroatoms. The van der Waals surface area contributed by atoms with E-state index in [2.05, 4.69) is 19.1 Å². The first-order chi connectivity index (χ1) is 5.27. The van der Waals surface area contributed by atoms with Gasteiger partial charge in [0.05, 0.1) is 4.70 Å². The molecule has 11 heavy (non-hydrogen) atoms.